The topological polar surface area (TPSA) is 81.9 Å². The van der Waals surface area contributed by atoms with E-state index in [9.17, 15) is 4.79 Å². The van der Waals surface area contributed by atoms with Crippen LogP contribution in [0, 0.1) is 0 Å². The second-order valence-corrected chi connectivity index (χ2v) is 6.21. The number of anilines is 1. The quantitative estimate of drug-likeness (QED) is 0.546. The molecule has 0 spiro atoms. The van der Waals surface area contributed by atoms with Gasteiger partial charge in [0.2, 0.25) is 5.88 Å². The van der Waals surface area contributed by atoms with Crippen LogP contribution in [0.3, 0.4) is 0 Å². The minimum absolute atomic E-state index is 0.240. The van der Waals surface area contributed by atoms with E-state index in [1.165, 1.54) is 0 Å². The Balaban J connectivity index is 1.40. The maximum Gasteiger partial charge on any atom is 0.255 e. The van der Waals surface area contributed by atoms with Crippen LogP contribution in [-0.4, -0.2) is 25.9 Å². The zero-order valence-electron chi connectivity index (χ0n) is 14.5. The summed E-state index contributed by atoms with van der Waals surface area (Å²) in [4.78, 5) is 12.2. The third-order valence-electron chi connectivity index (χ3n) is 3.79. The van der Waals surface area contributed by atoms with E-state index >= 15 is 0 Å². The van der Waals surface area contributed by atoms with Gasteiger partial charge in [-0.1, -0.05) is 17.7 Å². The predicted molar refractivity (Wildman–Crippen MR) is 105 cm³/mol. The van der Waals surface area contributed by atoms with Gasteiger partial charge in [-0.15, -0.1) is 10.2 Å². The van der Waals surface area contributed by atoms with Gasteiger partial charge in [0, 0.05) is 34.7 Å². The van der Waals surface area contributed by atoms with Crippen molar-refractivity contribution < 1.29 is 9.53 Å². The molecule has 0 aliphatic carbocycles. The van der Waals surface area contributed by atoms with E-state index in [1.54, 1.807) is 83.8 Å². The zero-order valence-corrected chi connectivity index (χ0v) is 15.2. The van der Waals surface area contributed by atoms with Crippen LogP contribution in [0.5, 0.6) is 11.6 Å². The van der Waals surface area contributed by atoms with Gasteiger partial charge in [-0.2, -0.15) is 5.10 Å². The summed E-state index contributed by atoms with van der Waals surface area (Å²) in [5, 5.41) is 15.5. The van der Waals surface area contributed by atoms with Crippen molar-refractivity contribution in [1.29, 1.82) is 0 Å². The van der Waals surface area contributed by atoms with Crippen LogP contribution in [0.1, 0.15) is 10.4 Å². The van der Waals surface area contributed by atoms with Gasteiger partial charge in [0.15, 0.2) is 5.82 Å². The summed E-state index contributed by atoms with van der Waals surface area (Å²) in [5.74, 6) is 1.28. The molecule has 0 aliphatic rings. The van der Waals surface area contributed by atoms with Gasteiger partial charge in [0.1, 0.15) is 5.75 Å². The van der Waals surface area contributed by atoms with Crippen LogP contribution in [0.2, 0.25) is 5.02 Å². The van der Waals surface area contributed by atoms with Gasteiger partial charge < -0.3 is 10.1 Å². The number of hydrogen-bond acceptors (Lipinski definition) is 5. The van der Waals surface area contributed by atoms with E-state index < -0.39 is 0 Å². The van der Waals surface area contributed by atoms with Crippen molar-refractivity contribution in [2.45, 2.75) is 0 Å². The standard InChI is InChI=1S/C20H14ClN5O2/c21-15-4-1-3-14(13-15)20(27)23-16-5-7-17(8-6-16)28-19-10-9-18(24-25-19)26-12-2-11-22-26/h1-13H,(H,23,27). The molecule has 28 heavy (non-hydrogen) atoms. The molecule has 7 nitrogen and oxygen atoms in total. The minimum atomic E-state index is -0.240. The molecule has 2 aromatic carbocycles. The first-order valence-corrected chi connectivity index (χ1v) is 8.74. The van der Waals surface area contributed by atoms with Gasteiger partial charge in [0.25, 0.3) is 5.91 Å². The minimum Gasteiger partial charge on any atom is -0.438 e. The molecule has 4 rings (SSSR count). The molecule has 1 N–H and O–H groups in total. The normalized spacial score (nSPS) is 10.5. The summed E-state index contributed by atoms with van der Waals surface area (Å²) < 4.78 is 7.28. The van der Waals surface area contributed by atoms with Crippen LogP contribution in [-0.2, 0) is 0 Å². The molecule has 2 aromatic heterocycles. The number of nitrogens with zero attached hydrogens (tertiary/aromatic N) is 4. The van der Waals surface area contributed by atoms with Gasteiger partial charge in [-0.25, -0.2) is 4.68 Å². The molecule has 2 heterocycles. The van der Waals surface area contributed by atoms with Crippen molar-refractivity contribution >= 4 is 23.2 Å². The number of halogens is 1. The fourth-order valence-electron chi connectivity index (χ4n) is 2.45. The summed E-state index contributed by atoms with van der Waals surface area (Å²) >= 11 is 5.92. The first-order valence-electron chi connectivity index (χ1n) is 8.36. The van der Waals surface area contributed by atoms with Crippen LogP contribution >= 0.6 is 11.6 Å². The molecule has 0 saturated heterocycles. The van der Waals surface area contributed by atoms with Crippen LogP contribution in [0.25, 0.3) is 5.82 Å². The van der Waals surface area contributed by atoms with Gasteiger partial charge in [-0.3, -0.25) is 4.79 Å². The second kappa shape index (κ2) is 7.89. The largest absolute Gasteiger partial charge is 0.438 e. The highest BCUT2D eigenvalue weighted by Gasteiger charge is 2.07. The average Bonchev–Trinajstić information content (AvgIpc) is 3.25. The summed E-state index contributed by atoms with van der Waals surface area (Å²) in [7, 11) is 0. The van der Waals surface area contributed by atoms with E-state index in [0.29, 0.717) is 33.7 Å². The smallest absolute Gasteiger partial charge is 0.255 e. The summed E-state index contributed by atoms with van der Waals surface area (Å²) in [5.41, 5.74) is 1.12. The molecule has 0 radical (unpaired) electrons. The molecular weight excluding hydrogens is 378 g/mol. The summed E-state index contributed by atoms with van der Waals surface area (Å²) in [6.45, 7) is 0. The third kappa shape index (κ3) is 4.16. The fourth-order valence-corrected chi connectivity index (χ4v) is 2.64. The highest BCUT2D eigenvalue weighted by molar-refractivity contribution is 6.31. The first-order chi connectivity index (χ1) is 13.7. The van der Waals surface area contributed by atoms with Crippen molar-refractivity contribution in [1.82, 2.24) is 20.0 Å². The zero-order chi connectivity index (χ0) is 19.3. The maximum atomic E-state index is 12.2. The Labute approximate surface area is 165 Å². The highest BCUT2D eigenvalue weighted by Crippen LogP contribution is 2.22. The molecule has 138 valence electrons. The van der Waals surface area contributed by atoms with Crippen molar-refractivity contribution in [2.75, 3.05) is 5.32 Å². The number of carbonyl (C=O) groups is 1. The molecule has 0 unspecified atom stereocenters. The number of nitrogens with one attached hydrogen (secondary N) is 1. The lowest BCUT2D eigenvalue weighted by atomic mass is 10.2. The average molecular weight is 392 g/mol. The fraction of sp³-hybridized carbons (Fsp3) is 0. The van der Waals surface area contributed by atoms with Crippen molar-refractivity contribution in [2.24, 2.45) is 0 Å². The van der Waals surface area contributed by atoms with Crippen molar-refractivity contribution in [3.63, 3.8) is 0 Å². The predicted octanol–water partition coefficient (Wildman–Crippen LogP) is 4.36. The lowest BCUT2D eigenvalue weighted by Crippen LogP contribution is -2.11. The van der Waals surface area contributed by atoms with Crippen molar-refractivity contribution in [3.8, 4) is 17.4 Å². The summed E-state index contributed by atoms with van der Waals surface area (Å²) in [6, 6.07) is 19.0. The Kier molecular flexibility index (Phi) is 4.99. The molecule has 0 aliphatic heterocycles. The van der Waals surface area contributed by atoms with Crippen LogP contribution in [0.15, 0.2) is 79.1 Å². The maximum absolute atomic E-state index is 12.2. The molecule has 8 heteroatoms. The first kappa shape index (κ1) is 17.7. The second-order valence-electron chi connectivity index (χ2n) is 5.77. The molecule has 1 amide bonds. The molecular formula is C20H14ClN5O2. The number of amides is 1. The number of aromatic nitrogens is 4. The molecule has 0 saturated carbocycles. The molecule has 0 fully saturated rings. The van der Waals surface area contributed by atoms with E-state index in [2.05, 4.69) is 20.6 Å². The molecule has 0 bridgehead atoms. The van der Waals surface area contributed by atoms with Gasteiger partial charge in [0.05, 0.1) is 0 Å². The molecule has 0 atom stereocenters. The number of rotatable bonds is 5. The monoisotopic (exact) mass is 391 g/mol. The van der Waals surface area contributed by atoms with E-state index in [-0.39, 0.29) is 5.91 Å². The SMILES string of the molecule is O=C(Nc1ccc(Oc2ccc(-n3cccn3)nn2)cc1)c1cccc(Cl)c1. The number of hydrogen-bond donors (Lipinski definition) is 1. The highest BCUT2D eigenvalue weighted by atomic mass is 35.5. The Bertz CT molecular complexity index is 1080. The number of carbonyl (C=O) groups excluding carboxylic acids is 1. The van der Waals surface area contributed by atoms with Crippen LogP contribution in [0.4, 0.5) is 5.69 Å². The molecule has 4 aromatic rings. The van der Waals surface area contributed by atoms with Gasteiger partial charge >= 0.3 is 0 Å². The number of ether oxygens (including phenoxy) is 1. The third-order valence-corrected chi connectivity index (χ3v) is 4.02. The number of benzene rings is 2. The van der Waals surface area contributed by atoms with E-state index in [0.717, 1.165) is 0 Å². The van der Waals surface area contributed by atoms with Crippen LogP contribution < -0.4 is 10.1 Å². The Morgan fingerprint density at radius 1 is 1.00 bits per heavy atom. The Morgan fingerprint density at radius 3 is 2.54 bits per heavy atom. The lowest BCUT2D eigenvalue weighted by Gasteiger charge is -2.08. The van der Waals surface area contributed by atoms with E-state index in [1.807, 2.05) is 0 Å². The lowest BCUT2D eigenvalue weighted by molar-refractivity contribution is 0.102. The summed E-state index contributed by atoms with van der Waals surface area (Å²) in [6.07, 6.45) is 3.44. The van der Waals surface area contributed by atoms with E-state index in [4.69, 9.17) is 16.3 Å². The Hall–Kier alpha value is -3.71. The Morgan fingerprint density at radius 2 is 1.86 bits per heavy atom. The van der Waals surface area contributed by atoms with Gasteiger partial charge in [-0.05, 0) is 54.6 Å². The van der Waals surface area contributed by atoms with Crippen molar-refractivity contribution in [3.05, 3.63) is 89.7 Å².